The van der Waals surface area contributed by atoms with Gasteiger partial charge in [0.05, 0.1) is 0 Å². The SMILES string of the molecule is O=C1c2c([n+](C34CC5CC(CC(C5)C3)C4)cn2C23CC4CC(CC(C4)C2)C3)C(=O)c2c1n(C13CC4CC(CC(C4)C1)C3)c[n+]2C12CC3CC(CC(C3)C1)C2. The van der Waals surface area contributed by atoms with E-state index in [9.17, 15) is 0 Å². The molecule has 54 heavy (non-hydrogen) atoms. The predicted molar refractivity (Wildman–Crippen MR) is 201 cm³/mol. The van der Waals surface area contributed by atoms with Gasteiger partial charge in [0.25, 0.3) is 11.6 Å². The Labute approximate surface area is 321 Å². The molecule has 2 aromatic heterocycles. The lowest BCUT2D eigenvalue weighted by Gasteiger charge is -2.55. The Morgan fingerprint density at radius 1 is 0.370 bits per heavy atom. The molecule has 0 N–H and O–H groups in total. The van der Waals surface area contributed by atoms with Crippen LogP contribution >= 0.6 is 0 Å². The molecule has 284 valence electrons. The van der Waals surface area contributed by atoms with Gasteiger partial charge in [-0.2, -0.15) is 0 Å². The van der Waals surface area contributed by atoms with Crippen molar-refractivity contribution in [2.75, 3.05) is 0 Å². The van der Waals surface area contributed by atoms with Crippen LogP contribution in [0.4, 0.5) is 0 Å². The number of carbonyl (C=O) groups is 2. The van der Waals surface area contributed by atoms with Gasteiger partial charge in [-0.05, 0) is 225 Å². The molecule has 2 aromatic rings. The van der Waals surface area contributed by atoms with Crippen molar-refractivity contribution in [2.24, 2.45) is 71.0 Å². The topological polar surface area (TPSA) is 51.8 Å². The molecule has 16 fully saturated rings. The zero-order chi connectivity index (χ0) is 35.1. The molecule has 16 saturated carbocycles. The van der Waals surface area contributed by atoms with Gasteiger partial charge in [-0.15, -0.1) is 0 Å². The van der Waals surface area contributed by atoms with Crippen LogP contribution in [0.5, 0.6) is 0 Å². The highest BCUT2D eigenvalue weighted by atomic mass is 16.1. The van der Waals surface area contributed by atoms with Crippen molar-refractivity contribution in [3.05, 3.63) is 35.4 Å². The Morgan fingerprint density at radius 3 is 0.870 bits per heavy atom. The minimum Gasteiger partial charge on any atom is -0.280 e. The summed E-state index contributed by atoms with van der Waals surface area (Å²) in [4.78, 5) is 32.7. The van der Waals surface area contributed by atoms with E-state index < -0.39 is 0 Å². The Bertz CT molecular complexity index is 1650. The molecule has 19 rings (SSSR count). The van der Waals surface area contributed by atoms with Crippen molar-refractivity contribution < 1.29 is 18.7 Å². The second-order valence-electron chi connectivity index (χ2n) is 24.3. The summed E-state index contributed by atoms with van der Waals surface area (Å²) in [7, 11) is 0. The maximum absolute atomic E-state index is 16.3. The van der Waals surface area contributed by atoms with Crippen LogP contribution in [0.3, 0.4) is 0 Å². The van der Waals surface area contributed by atoms with E-state index in [0.717, 1.165) is 93.8 Å². The predicted octanol–water partition coefficient (Wildman–Crippen LogP) is 8.34. The molecule has 6 heteroatoms. The van der Waals surface area contributed by atoms with Crippen LogP contribution in [-0.2, 0) is 22.2 Å². The molecule has 16 bridgehead atoms. The van der Waals surface area contributed by atoms with Gasteiger partial charge in [-0.3, -0.25) is 9.59 Å². The standard InChI is InChI=1S/C48H62N4O2/c53-43-39-40(50(46-16-30-4-31(17-46)6-32(5-30)18-46)25-49(39)45-13-27-1-28(14-45)3-29(2-27)15-45)44(54)42-41(43)51(47-19-33-7-34(20-47)9-35(8-33)21-47)26-52(42)48-22-36-10-37(23-48)12-38(11-36)24-48/h25-38H,1-24H2/q+2. The summed E-state index contributed by atoms with van der Waals surface area (Å²) < 4.78 is 10.4. The third-order valence-corrected chi connectivity index (χ3v) is 20.8. The van der Waals surface area contributed by atoms with E-state index in [1.807, 2.05) is 0 Å². The maximum Gasteiger partial charge on any atom is 0.280 e. The number of carbonyl (C=O) groups excluding carboxylic acids is 2. The van der Waals surface area contributed by atoms with E-state index in [1.165, 1.54) is 154 Å². The van der Waals surface area contributed by atoms with Crippen LogP contribution in [0, 0.1) is 71.0 Å². The summed E-state index contributed by atoms with van der Waals surface area (Å²) in [5.41, 5.74) is 3.45. The lowest BCUT2D eigenvalue weighted by atomic mass is 9.52. The molecule has 0 aromatic carbocycles. The molecule has 6 nitrogen and oxygen atoms in total. The van der Waals surface area contributed by atoms with Crippen LogP contribution in [0.25, 0.3) is 0 Å². The number of nitrogens with zero attached hydrogens (tertiary/aromatic N) is 4. The molecule has 0 atom stereocenters. The van der Waals surface area contributed by atoms with E-state index in [4.69, 9.17) is 0 Å². The number of aromatic nitrogens is 4. The van der Waals surface area contributed by atoms with Crippen LogP contribution in [-0.4, -0.2) is 20.7 Å². The highest BCUT2D eigenvalue weighted by Crippen LogP contribution is 2.63. The van der Waals surface area contributed by atoms with Crippen molar-refractivity contribution in [1.29, 1.82) is 0 Å². The van der Waals surface area contributed by atoms with Crippen LogP contribution in [0.15, 0.2) is 12.7 Å². The molecule has 0 amide bonds. The minimum atomic E-state index is 0.00777. The first-order valence-corrected chi connectivity index (χ1v) is 23.7. The molecular formula is C48H62N4O2+2. The van der Waals surface area contributed by atoms with Crippen molar-refractivity contribution in [3.8, 4) is 0 Å². The molecule has 0 aliphatic heterocycles. The normalized spacial score (nSPS) is 53.3. The second kappa shape index (κ2) is 9.71. The molecular weight excluding hydrogens is 665 g/mol. The third-order valence-electron chi connectivity index (χ3n) is 20.8. The quantitative estimate of drug-likeness (QED) is 0.254. The fourth-order valence-corrected chi connectivity index (χ4v) is 20.9. The van der Waals surface area contributed by atoms with Gasteiger partial charge in [0.2, 0.25) is 35.4 Å². The Morgan fingerprint density at radius 2 is 0.611 bits per heavy atom. The zero-order valence-corrected chi connectivity index (χ0v) is 32.7. The van der Waals surface area contributed by atoms with Crippen molar-refractivity contribution in [3.63, 3.8) is 0 Å². The van der Waals surface area contributed by atoms with Crippen LogP contribution < -0.4 is 9.13 Å². The molecule has 0 radical (unpaired) electrons. The lowest BCUT2D eigenvalue weighted by molar-refractivity contribution is -0.783. The van der Waals surface area contributed by atoms with E-state index in [2.05, 4.69) is 30.9 Å². The first-order chi connectivity index (χ1) is 26.2. The van der Waals surface area contributed by atoms with Gasteiger partial charge >= 0.3 is 0 Å². The Balaban J connectivity index is 0.980. The van der Waals surface area contributed by atoms with Gasteiger partial charge in [-0.25, -0.2) is 18.3 Å². The van der Waals surface area contributed by atoms with Crippen molar-refractivity contribution >= 4 is 11.6 Å². The molecule has 0 unspecified atom stereocenters. The van der Waals surface area contributed by atoms with E-state index in [1.54, 1.807) is 0 Å². The van der Waals surface area contributed by atoms with E-state index in [-0.39, 0.29) is 33.7 Å². The van der Waals surface area contributed by atoms with Crippen molar-refractivity contribution in [2.45, 2.75) is 176 Å². The largest absolute Gasteiger partial charge is 0.280 e. The highest BCUT2D eigenvalue weighted by molar-refractivity contribution is 6.24. The summed E-state index contributed by atoms with van der Waals surface area (Å²) in [6.45, 7) is 0. The fourth-order valence-electron chi connectivity index (χ4n) is 20.9. The molecule has 2 heterocycles. The molecule has 17 aliphatic rings. The first kappa shape index (κ1) is 30.8. The Hall–Kier alpha value is -2.24. The number of hydrogen-bond acceptors (Lipinski definition) is 2. The lowest BCUT2D eigenvalue weighted by Crippen LogP contribution is -2.68. The average molecular weight is 727 g/mol. The van der Waals surface area contributed by atoms with E-state index >= 15 is 9.59 Å². The smallest absolute Gasteiger partial charge is 0.280 e. The van der Waals surface area contributed by atoms with Gasteiger partial charge in [0.1, 0.15) is 22.2 Å². The Kier molecular flexibility index (Phi) is 5.55. The number of ketones is 2. The maximum atomic E-state index is 16.3. The number of hydrogen-bond donors (Lipinski definition) is 0. The number of imidazole rings is 2. The number of rotatable bonds is 4. The zero-order valence-electron chi connectivity index (χ0n) is 32.7. The fraction of sp³-hybridized carbons (Fsp3) is 0.833. The molecule has 0 saturated heterocycles. The van der Waals surface area contributed by atoms with Crippen molar-refractivity contribution in [1.82, 2.24) is 9.13 Å². The third kappa shape index (κ3) is 3.74. The summed E-state index contributed by atoms with van der Waals surface area (Å²) in [6, 6.07) is 0. The minimum absolute atomic E-state index is 0.00777. The molecule has 0 spiro atoms. The summed E-state index contributed by atoms with van der Waals surface area (Å²) in [5, 5.41) is 0. The first-order valence-electron chi connectivity index (χ1n) is 23.7. The van der Waals surface area contributed by atoms with Crippen LogP contribution in [0.1, 0.15) is 186 Å². The second-order valence-corrected chi connectivity index (χ2v) is 24.3. The van der Waals surface area contributed by atoms with E-state index in [0.29, 0.717) is 0 Å². The van der Waals surface area contributed by atoms with Gasteiger partial charge < -0.3 is 0 Å². The summed E-state index contributed by atoms with van der Waals surface area (Å²) >= 11 is 0. The summed E-state index contributed by atoms with van der Waals surface area (Å²) in [6.07, 6.45) is 36.4. The van der Waals surface area contributed by atoms with Gasteiger partial charge in [0, 0.05) is 0 Å². The highest BCUT2D eigenvalue weighted by Gasteiger charge is 2.66. The molecule has 17 aliphatic carbocycles. The van der Waals surface area contributed by atoms with Gasteiger partial charge in [0.15, 0.2) is 0 Å². The van der Waals surface area contributed by atoms with Gasteiger partial charge in [-0.1, -0.05) is 0 Å². The van der Waals surface area contributed by atoms with Crippen LogP contribution in [0.2, 0.25) is 0 Å². The number of fused-ring (bicyclic) bond motifs is 2. The summed E-state index contributed by atoms with van der Waals surface area (Å²) in [5.74, 6) is 10.0. The monoisotopic (exact) mass is 726 g/mol. The average Bonchev–Trinajstić information content (AvgIpc) is 3.72.